The normalized spacial score (nSPS) is 10.7. The molecule has 1 heterocycles. The highest BCUT2D eigenvalue weighted by Gasteiger charge is 2.22. The van der Waals surface area contributed by atoms with Crippen molar-refractivity contribution in [3.8, 4) is 11.4 Å². The van der Waals surface area contributed by atoms with E-state index < -0.39 is 0 Å². The minimum absolute atomic E-state index is 0.116. The molecule has 0 saturated carbocycles. The highest BCUT2D eigenvalue weighted by Crippen LogP contribution is 2.19. The largest absolute Gasteiger partial charge is 0.492 e. The molecule has 1 amide bonds. The number of hydrogen-bond acceptors (Lipinski definition) is 3. The third kappa shape index (κ3) is 4.16. The molecule has 0 bridgehead atoms. The fraction of sp³-hybridized carbons (Fsp3) is 0.238. The molecule has 0 fully saturated rings. The van der Waals surface area contributed by atoms with Gasteiger partial charge in [-0.05, 0) is 50.2 Å². The smallest absolute Gasteiger partial charge is 0.257 e. The predicted octanol–water partition coefficient (Wildman–Crippen LogP) is 3.78. The van der Waals surface area contributed by atoms with E-state index in [0.717, 1.165) is 11.4 Å². The van der Waals surface area contributed by atoms with E-state index in [1.54, 1.807) is 35.7 Å². The van der Waals surface area contributed by atoms with Crippen LogP contribution < -0.4 is 4.74 Å². The Balaban J connectivity index is 1.71. The van der Waals surface area contributed by atoms with Crippen molar-refractivity contribution in [2.75, 3.05) is 20.2 Å². The monoisotopic (exact) mass is 367 g/mol. The van der Waals surface area contributed by atoms with Gasteiger partial charge >= 0.3 is 0 Å². The summed E-state index contributed by atoms with van der Waals surface area (Å²) in [6, 6.07) is 15.5. The second-order valence-electron chi connectivity index (χ2n) is 6.32. The van der Waals surface area contributed by atoms with Gasteiger partial charge in [0.2, 0.25) is 0 Å². The van der Waals surface area contributed by atoms with Crippen LogP contribution in [0.2, 0.25) is 0 Å². The number of ether oxygens (including phenoxy) is 1. The lowest BCUT2D eigenvalue weighted by Crippen LogP contribution is -2.31. The van der Waals surface area contributed by atoms with E-state index in [1.807, 2.05) is 37.3 Å². The summed E-state index contributed by atoms with van der Waals surface area (Å²) in [5.74, 6) is 0.347. The number of amides is 1. The standard InChI is InChI=1S/C21H22FN3O2/c1-15-20(16(2)25(23-15)18-11-9-17(22)10-12-18)21(26)24(3)13-14-27-19-7-5-4-6-8-19/h4-12H,13-14H2,1-3H3. The lowest BCUT2D eigenvalue weighted by molar-refractivity contribution is 0.0772. The zero-order valence-electron chi connectivity index (χ0n) is 15.6. The first kappa shape index (κ1) is 18.6. The highest BCUT2D eigenvalue weighted by molar-refractivity contribution is 5.96. The van der Waals surface area contributed by atoms with Crippen molar-refractivity contribution in [3.05, 3.63) is 77.4 Å². The Morgan fingerprint density at radius 3 is 2.44 bits per heavy atom. The maximum atomic E-state index is 13.2. The molecular weight excluding hydrogens is 345 g/mol. The molecule has 0 radical (unpaired) electrons. The van der Waals surface area contributed by atoms with E-state index in [4.69, 9.17) is 4.74 Å². The number of carbonyl (C=O) groups excluding carboxylic acids is 1. The fourth-order valence-electron chi connectivity index (χ4n) is 2.90. The average Bonchev–Trinajstić information content (AvgIpc) is 2.97. The molecule has 0 unspecified atom stereocenters. The summed E-state index contributed by atoms with van der Waals surface area (Å²) in [4.78, 5) is 14.5. The Hall–Kier alpha value is -3.15. The van der Waals surface area contributed by atoms with Crippen molar-refractivity contribution < 1.29 is 13.9 Å². The molecule has 27 heavy (non-hydrogen) atoms. The summed E-state index contributed by atoms with van der Waals surface area (Å²) in [6.07, 6.45) is 0. The van der Waals surface area contributed by atoms with Gasteiger partial charge < -0.3 is 9.64 Å². The van der Waals surface area contributed by atoms with Crippen LogP contribution in [0.15, 0.2) is 54.6 Å². The highest BCUT2D eigenvalue weighted by atomic mass is 19.1. The quantitative estimate of drug-likeness (QED) is 0.666. The molecule has 0 spiro atoms. The van der Waals surface area contributed by atoms with Gasteiger partial charge in [0.25, 0.3) is 5.91 Å². The van der Waals surface area contributed by atoms with Crippen LogP contribution in [0.3, 0.4) is 0 Å². The molecule has 0 saturated heterocycles. The maximum absolute atomic E-state index is 13.2. The van der Waals surface area contributed by atoms with Crippen LogP contribution in [0.4, 0.5) is 4.39 Å². The minimum Gasteiger partial charge on any atom is -0.492 e. The van der Waals surface area contributed by atoms with Crippen LogP contribution in [0.5, 0.6) is 5.75 Å². The van der Waals surface area contributed by atoms with Gasteiger partial charge in [0.05, 0.1) is 29.2 Å². The van der Waals surface area contributed by atoms with E-state index >= 15 is 0 Å². The van der Waals surface area contributed by atoms with E-state index in [-0.39, 0.29) is 11.7 Å². The fourth-order valence-corrected chi connectivity index (χ4v) is 2.90. The molecule has 5 nitrogen and oxygen atoms in total. The zero-order valence-corrected chi connectivity index (χ0v) is 15.6. The van der Waals surface area contributed by atoms with Crippen LogP contribution in [0.1, 0.15) is 21.7 Å². The topological polar surface area (TPSA) is 47.4 Å². The van der Waals surface area contributed by atoms with Crippen LogP contribution in [-0.4, -0.2) is 40.8 Å². The van der Waals surface area contributed by atoms with Crippen LogP contribution in [-0.2, 0) is 0 Å². The van der Waals surface area contributed by atoms with E-state index in [1.165, 1.54) is 12.1 Å². The molecule has 140 valence electrons. The van der Waals surface area contributed by atoms with Crippen LogP contribution in [0.25, 0.3) is 5.69 Å². The lowest BCUT2D eigenvalue weighted by Gasteiger charge is -2.18. The summed E-state index contributed by atoms with van der Waals surface area (Å²) in [5.41, 5.74) is 2.63. The molecule has 3 aromatic rings. The van der Waals surface area contributed by atoms with Gasteiger partial charge in [0.1, 0.15) is 18.2 Å². The Morgan fingerprint density at radius 2 is 1.78 bits per heavy atom. The summed E-state index contributed by atoms with van der Waals surface area (Å²) in [6.45, 7) is 4.49. The Labute approximate surface area is 158 Å². The number of likely N-dealkylation sites (N-methyl/N-ethyl adjacent to an activating group) is 1. The summed E-state index contributed by atoms with van der Waals surface area (Å²) in [7, 11) is 1.74. The van der Waals surface area contributed by atoms with Crippen LogP contribution in [0, 0.1) is 19.7 Å². The predicted molar refractivity (Wildman–Crippen MR) is 102 cm³/mol. The number of rotatable bonds is 6. The molecule has 3 rings (SSSR count). The van der Waals surface area contributed by atoms with Crippen molar-refractivity contribution in [2.45, 2.75) is 13.8 Å². The zero-order chi connectivity index (χ0) is 19.4. The summed E-state index contributed by atoms with van der Waals surface area (Å²) < 4.78 is 20.5. The third-order valence-corrected chi connectivity index (χ3v) is 4.36. The molecule has 0 N–H and O–H groups in total. The lowest BCUT2D eigenvalue weighted by atomic mass is 10.1. The molecule has 0 aliphatic carbocycles. The van der Waals surface area contributed by atoms with Crippen molar-refractivity contribution in [3.63, 3.8) is 0 Å². The Morgan fingerprint density at radius 1 is 1.11 bits per heavy atom. The summed E-state index contributed by atoms with van der Waals surface area (Å²) in [5, 5.41) is 4.46. The van der Waals surface area contributed by atoms with Gasteiger partial charge in [-0.15, -0.1) is 0 Å². The second kappa shape index (κ2) is 8.03. The number of para-hydroxylation sites is 1. The first-order valence-electron chi connectivity index (χ1n) is 8.73. The van der Waals surface area contributed by atoms with Crippen LogP contribution >= 0.6 is 0 Å². The molecular formula is C21H22FN3O2. The average molecular weight is 367 g/mol. The summed E-state index contributed by atoms with van der Waals surface area (Å²) >= 11 is 0. The SMILES string of the molecule is Cc1nn(-c2ccc(F)cc2)c(C)c1C(=O)N(C)CCOc1ccccc1. The number of hydrogen-bond donors (Lipinski definition) is 0. The van der Waals surface area contributed by atoms with E-state index in [9.17, 15) is 9.18 Å². The van der Waals surface area contributed by atoms with Gasteiger partial charge in [-0.3, -0.25) is 4.79 Å². The van der Waals surface area contributed by atoms with Crippen molar-refractivity contribution in [1.82, 2.24) is 14.7 Å². The van der Waals surface area contributed by atoms with Crippen molar-refractivity contribution in [1.29, 1.82) is 0 Å². The first-order valence-corrected chi connectivity index (χ1v) is 8.73. The molecule has 2 aromatic carbocycles. The van der Waals surface area contributed by atoms with Crippen molar-refractivity contribution >= 4 is 5.91 Å². The number of halogens is 1. The number of carbonyl (C=O) groups is 1. The van der Waals surface area contributed by atoms with Gasteiger partial charge in [-0.1, -0.05) is 18.2 Å². The van der Waals surface area contributed by atoms with E-state index in [2.05, 4.69) is 5.10 Å². The number of aryl methyl sites for hydroxylation is 1. The molecule has 6 heteroatoms. The second-order valence-corrected chi connectivity index (χ2v) is 6.32. The third-order valence-electron chi connectivity index (χ3n) is 4.36. The number of benzene rings is 2. The molecule has 0 atom stereocenters. The van der Waals surface area contributed by atoms with Crippen molar-refractivity contribution in [2.24, 2.45) is 0 Å². The Kier molecular flexibility index (Phi) is 5.54. The molecule has 0 aliphatic rings. The molecule has 1 aromatic heterocycles. The van der Waals surface area contributed by atoms with E-state index in [0.29, 0.717) is 30.1 Å². The number of aromatic nitrogens is 2. The Bertz CT molecular complexity index is 921. The first-order chi connectivity index (χ1) is 13.0. The molecule has 0 aliphatic heterocycles. The van der Waals surface area contributed by atoms with Gasteiger partial charge in [0.15, 0.2) is 0 Å². The number of nitrogens with zero attached hydrogens (tertiary/aromatic N) is 3. The maximum Gasteiger partial charge on any atom is 0.257 e. The minimum atomic E-state index is -0.310. The van der Waals surface area contributed by atoms with Gasteiger partial charge in [0, 0.05) is 7.05 Å². The van der Waals surface area contributed by atoms with Gasteiger partial charge in [-0.25, -0.2) is 9.07 Å². The van der Waals surface area contributed by atoms with Gasteiger partial charge in [-0.2, -0.15) is 5.10 Å².